The molecule has 6 heteroatoms. The Morgan fingerprint density at radius 1 is 1.17 bits per heavy atom. The Kier molecular flexibility index (Phi) is 5.39. The van der Waals surface area contributed by atoms with Crippen LogP contribution in [-0.2, 0) is 6.54 Å². The third-order valence-electron chi connectivity index (χ3n) is 5.38. The first-order valence-electron chi connectivity index (χ1n) is 9.78. The molecule has 1 aromatic carbocycles. The number of fused-ring (bicyclic) bond motifs is 1. The van der Waals surface area contributed by atoms with Gasteiger partial charge in [-0.2, -0.15) is 0 Å². The summed E-state index contributed by atoms with van der Waals surface area (Å²) in [5.74, 6) is 1.89. The lowest BCUT2D eigenvalue weighted by Gasteiger charge is -2.24. The molecule has 4 rings (SSSR count). The maximum absolute atomic E-state index is 12.8. The Balaban J connectivity index is 1.58. The predicted molar refractivity (Wildman–Crippen MR) is 118 cm³/mol. The predicted octanol–water partition coefficient (Wildman–Crippen LogP) is 5.56. The van der Waals surface area contributed by atoms with Crippen LogP contribution < -0.4 is 5.56 Å². The largest absolute Gasteiger partial charge is 0.464 e. The van der Waals surface area contributed by atoms with E-state index in [0.29, 0.717) is 22.9 Å². The maximum atomic E-state index is 12.8. The van der Waals surface area contributed by atoms with Gasteiger partial charge in [-0.15, -0.1) is 11.3 Å². The number of H-pyrrole nitrogens is 1. The van der Waals surface area contributed by atoms with Crippen LogP contribution in [0.3, 0.4) is 0 Å². The lowest BCUT2D eigenvalue weighted by atomic mass is 10.0. The lowest BCUT2D eigenvalue weighted by molar-refractivity contribution is 0.244. The van der Waals surface area contributed by atoms with Gasteiger partial charge in [-0.1, -0.05) is 38.1 Å². The van der Waals surface area contributed by atoms with Gasteiger partial charge in [0.25, 0.3) is 5.56 Å². The third kappa shape index (κ3) is 3.91. The van der Waals surface area contributed by atoms with Crippen molar-refractivity contribution in [1.29, 1.82) is 0 Å². The van der Waals surface area contributed by atoms with Crippen molar-refractivity contribution < 1.29 is 4.42 Å². The van der Waals surface area contributed by atoms with Crippen molar-refractivity contribution in [1.82, 2.24) is 14.9 Å². The number of aromatic nitrogens is 2. The molecule has 0 saturated carbocycles. The molecule has 0 unspecified atom stereocenters. The van der Waals surface area contributed by atoms with Crippen molar-refractivity contribution in [2.24, 2.45) is 0 Å². The van der Waals surface area contributed by atoms with Crippen molar-refractivity contribution in [3.8, 4) is 11.3 Å². The third-order valence-corrected chi connectivity index (χ3v) is 6.26. The molecule has 29 heavy (non-hydrogen) atoms. The summed E-state index contributed by atoms with van der Waals surface area (Å²) in [4.78, 5) is 23.5. The minimum absolute atomic E-state index is 0.0222. The smallest absolute Gasteiger partial charge is 0.260 e. The van der Waals surface area contributed by atoms with Gasteiger partial charge in [-0.05, 0) is 43.1 Å². The van der Waals surface area contributed by atoms with Crippen molar-refractivity contribution >= 4 is 21.6 Å². The van der Waals surface area contributed by atoms with Gasteiger partial charge in [0.2, 0.25) is 0 Å². The highest BCUT2D eigenvalue weighted by atomic mass is 32.1. The maximum Gasteiger partial charge on any atom is 0.260 e. The molecule has 0 aliphatic rings. The summed E-state index contributed by atoms with van der Waals surface area (Å²) < 4.78 is 5.46. The van der Waals surface area contributed by atoms with Crippen LogP contribution in [0, 0.1) is 0 Å². The second-order valence-corrected chi connectivity index (χ2v) is 8.60. The summed E-state index contributed by atoms with van der Waals surface area (Å²) in [6.07, 6.45) is 1.61. The number of rotatable bonds is 6. The average molecular weight is 408 g/mol. The van der Waals surface area contributed by atoms with Crippen LogP contribution >= 0.6 is 11.3 Å². The Hall–Kier alpha value is -2.70. The topological polar surface area (TPSA) is 62.1 Å². The van der Waals surface area contributed by atoms with Gasteiger partial charge in [0.15, 0.2) is 0 Å². The summed E-state index contributed by atoms with van der Waals surface area (Å²) in [7, 11) is 2.05. The van der Waals surface area contributed by atoms with Crippen LogP contribution in [0.2, 0.25) is 0 Å². The fraction of sp³-hybridized carbons (Fsp3) is 0.304. The highest BCUT2D eigenvalue weighted by molar-refractivity contribution is 7.17. The quantitative estimate of drug-likeness (QED) is 0.454. The Labute approximate surface area is 174 Å². The van der Waals surface area contributed by atoms with E-state index in [1.54, 1.807) is 6.26 Å². The van der Waals surface area contributed by atoms with E-state index in [2.05, 4.69) is 54.9 Å². The number of nitrogens with zero attached hydrogens (tertiary/aromatic N) is 2. The Morgan fingerprint density at radius 3 is 2.59 bits per heavy atom. The summed E-state index contributed by atoms with van der Waals surface area (Å²) in [5.41, 5.74) is 3.25. The number of nitrogens with one attached hydrogen (secondary N) is 1. The number of thiophene rings is 1. The first kappa shape index (κ1) is 19.6. The van der Waals surface area contributed by atoms with Gasteiger partial charge in [-0.25, -0.2) is 4.98 Å². The molecule has 0 aliphatic heterocycles. The summed E-state index contributed by atoms with van der Waals surface area (Å²) >= 11 is 1.47. The number of aromatic amines is 1. The number of furan rings is 1. The first-order chi connectivity index (χ1) is 13.9. The first-order valence-corrected chi connectivity index (χ1v) is 10.7. The Bertz CT molecular complexity index is 1160. The molecule has 5 nitrogen and oxygen atoms in total. The molecular formula is C23H25N3O2S. The number of hydrogen-bond acceptors (Lipinski definition) is 5. The van der Waals surface area contributed by atoms with E-state index < -0.39 is 0 Å². The van der Waals surface area contributed by atoms with Crippen LogP contribution in [-0.4, -0.2) is 21.9 Å². The standard InChI is InChI=1S/C23H25N3O2S/c1-14(2)17-9-7-16(8-10-17)12-26(4)15(3)21-24-22(27)20-18(13-29-23(20)25-21)19-6-5-11-28-19/h5-11,13-15H,12H2,1-4H3,(H,24,25,27)/t15-/m0/s1. The van der Waals surface area contributed by atoms with Crippen LogP contribution in [0.25, 0.3) is 21.5 Å². The fourth-order valence-corrected chi connectivity index (χ4v) is 4.35. The van der Waals surface area contributed by atoms with E-state index in [-0.39, 0.29) is 11.6 Å². The minimum atomic E-state index is -0.126. The molecule has 4 aromatic rings. The van der Waals surface area contributed by atoms with Gasteiger partial charge in [0, 0.05) is 17.5 Å². The monoisotopic (exact) mass is 407 g/mol. The molecule has 3 aromatic heterocycles. The minimum Gasteiger partial charge on any atom is -0.464 e. The van der Waals surface area contributed by atoms with Crippen LogP contribution in [0.1, 0.15) is 49.7 Å². The number of benzene rings is 1. The molecule has 0 spiro atoms. The SMILES string of the molecule is CC(C)c1ccc(CN(C)[C@@H](C)c2nc3scc(-c4ccco4)c3c(=O)[nH]2)cc1. The molecule has 1 N–H and O–H groups in total. The molecule has 0 radical (unpaired) electrons. The molecule has 0 fully saturated rings. The molecule has 0 aliphatic carbocycles. The van der Waals surface area contributed by atoms with E-state index >= 15 is 0 Å². The van der Waals surface area contributed by atoms with Gasteiger partial charge in [-0.3, -0.25) is 9.69 Å². The van der Waals surface area contributed by atoms with Crippen molar-refractivity contribution in [2.45, 2.75) is 39.3 Å². The van der Waals surface area contributed by atoms with E-state index in [1.165, 1.54) is 22.5 Å². The highest BCUT2D eigenvalue weighted by Gasteiger charge is 2.19. The molecule has 3 heterocycles. The van der Waals surface area contributed by atoms with Gasteiger partial charge in [0.05, 0.1) is 17.7 Å². The molecular weight excluding hydrogens is 382 g/mol. The van der Waals surface area contributed by atoms with Crippen LogP contribution in [0.5, 0.6) is 0 Å². The summed E-state index contributed by atoms with van der Waals surface area (Å²) in [6.45, 7) is 7.24. The van der Waals surface area contributed by atoms with Gasteiger partial charge < -0.3 is 9.40 Å². The molecule has 0 saturated heterocycles. The molecule has 0 bridgehead atoms. The second-order valence-electron chi connectivity index (χ2n) is 7.75. The van der Waals surface area contributed by atoms with E-state index in [4.69, 9.17) is 9.40 Å². The molecule has 1 atom stereocenters. The molecule has 150 valence electrons. The van der Waals surface area contributed by atoms with Crippen LogP contribution in [0.4, 0.5) is 0 Å². The van der Waals surface area contributed by atoms with Crippen molar-refractivity contribution in [3.63, 3.8) is 0 Å². The number of hydrogen-bond donors (Lipinski definition) is 1. The van der Waals surface area contributed by atoms with E-state index in [0.717, 1.165) is 16.9 Å². The zero-order valence-corrected chi connectivity index (χ0v) is 17.9. The zero-order chi connectivity index (χ0) is 20.5. The van der Waals surface area contributed by atoms with E-state index in [9.17, 15) is 4.79 Å². The van der Waals surface area contributed by atoms with E-state index in [1.807, 2.05) is 24.6 Å². The fourth-order valence-electron chi connectivity index (χ4n) is 3.42. The molecule has 0 amide bonds. The summed E-state index contributed by atoms with van der Waals surface area (Å²) in [6, 6.07) is 12.4. The highest BCUT2D eigenvalue weighted by Crippen LogP contribution is 2.31. The second kappa shape index (κ2) is 7.97. The lowest BCUT2D eigenvalue weighted by Crippen LogP contribution is -2.25. The average Bonchev–Trinajstić information content (AvgIpc) is 3.37. The van der Waals surface area contributed by atoms with Crippen molar-refractivity contribution in [3.05, 3.63) is 75.3 Å². The van der Waals surface area contributed by atoms with Gasteiger partial charge in [0.1, 0.15) is 16.4 Å². The van der Waals surface area contributed by atoms with Gasteiger partial charge >= 0.3 is 0 Å². The zero-order valence-electron chi connectivity index (χ0n) is 17.1. The van der Waals surface area contributed by atoms with Crippen LogP contribution in [0.15, 0.2) is 57.3 Å². The van der Waals surface area contributed by atoms with Crippen molar-refractivity contribution in [2.75, 3.05) is 7.05 Å². The normalized spacial score (nSPS) is 12.9. The summed E-state index contributed by atoms with van der Waals surface area (Å²) in [5, 5.41) is 2.52. The Morgan fingerprint density at radius 2 is 1.93 bits per heavy atom.